The van der Waals surface area contributed by atoms with E-state index in [-0.39, 0.29) is 11.5 Å². The lowest BCUT2D eigenvalue weighted by Crippen LogP contribution is -2.53. The van der Waals surface area contributed by atoms with Crippen LogP contribution < -0.4 is 5.32 Å². The number of nitrogens with one attached hydrogen (secondary N) is 1. The molecule has 0 radical (unpaired) electrons. The third kappa shape index (κ3) is 2.71. The highest BCUT2D eigenvalue weighted by molar-refractivity contribution is 5.79. The Bertz CT molecular complexity index is 250. The number of hydrogen-bond donors (Lipinski definition) is 2. The van der Waals surface area contributed by atoms with E-state index in [1.54, 1.807) is 0 Å². The maximum Gasteiger partial charge on any atom is 0.323 e. The van der Waals surface area contributed by atoms with Crippen LogP contribution in [0, 0.1) is 5.41 Å². The van der Waals surface area contributed by atoms with Gasteiger partial charge < -0.3 is 5.11 Å². The van der Waals surface area contributed by atoms with Crippen LogP contribution in [0.15, 0.2) is 0 Å². The fraction of sp³-hybridized carbons (Fsp3) is 0.917. The molecule has 0 amide bonds. The zero-order chi connectivity index (χ0) is 11.7. The first-order valence-corrected chi connectivity index (χ1v) is 5.82. The van der Waals surface area contributed by atoms with Crippen LogP contribution in [0.4, 0.5) is 0 Å². The number of carboxylic acid groups (broad SMARTS) is 1. The predicted octanol–water partition coefficient (Wildman–Crippen LogP) is 2.41. The second-order valence-corrected chi connectivity index (χ2v) is 5.68. The fourth-order valence-electron chi connectivity index (χ4n) is 2.49. The monoisotopic (exact) mass is 213 g/mol. The topological polar surface area (TPSA) is 49.3 Å². The fourth-order valence-corrected chi connectivity index (χ4v) is 2.49. The Hall–Kier alpha value is -0.570. The van der Waals surface area contributed by atoms with Gasteiger partial charge in [0.2, 0.25) is 0 Å². The largest absolute Gasteiger partial charge is 0.480 e. The van der Waals surface area contributed by atoms with Crippen LogP contribution >= 0.6 is 0 Å². The summed E-state index contributed by atoms with van der Waals surface area (Å²) in [6, 6.07) is 0.273. The Morgan fingerprint density at radius 1 is 1.47 bits per heavy atom. The van der Waals surface area contributed by atoms with E-state index in [4.69, 9.17) is 0 Å². The normalized spacial score (nSPS) is 31.5. The van der Waals surface area contributed by atoms with Gasteiger partial charge in [-0.3, -0.25) is 10.1 Å². The van der Waals surface area contributed by atoms with Crippen LogP contribution in [0.2, 0.25) is 0 Å². The van der Waals surface area contributed by atoms with Crippen molar-refractivity contribution in [3.8, 4) is 0 Å². The SMILES string of the molecule is CCC(C)NC1(C(=O)O)CCC(C)(C)C1. The Balaban J connectivity index is 2.78. The van der Waals surface area contributed by atoms with Crippen LogP contribution in [-0.2, 0) is 4.79 Å². The summed E-state index contributed by atoms with van der Waals surface area (Å²) in [6.45, 7) is 8.43. The molecule has 0 aromatic rings. The van der Waals surface area contributed by atoms with Gasteiger partial charge in [-0.15, -0.1) is 0 Å². The molecule has 2 N–H and O–H groups in total. The third-order valence-electron chi connectivity index (χ3n) is 3.55. The Morgan fingerprint density at radius 2 is 2.07 bits per heavy atom. The van der Waals surface area contributed by atoms with Crippen molar-refractivity contribution in [2.45, 2.75) is 65.0 Å². The van der Waals surface area contributed by atoms with Crippen molar-refractivity contribution in [2.75, 3.05) is 0 Å². The minimum absolute atomic E-state index is 0.152. The molecule has 1 aliphatic rings. The first kappa shape index (κ1) is 12.5. The van der Waals surface area contributed by atoms with Crippen molar-refractivity contribution in [3.05, 3.63) is 0 Å². The molecule has 0 heterocycles. The zero-order valence-electron chi connectivity index (χ0n) is 10.3. The molecule has 15 heavy (non-hydrogen) atoms. The van der Waals surface area contributed by atoms with Gasteiger partial charge in [-0.05, 0) is 38.0 Å². The second kappa shape index (κ2) is 4.12. The lowest BCUT2D eigenvalue weighted by molar-refractivity contribution is -0.145. The lowest BCUT2D eigenvalue weighted by atomic mass is 9.87. The van der Waals surface area contributed by atoms with Gasteiger partial charge in [-0.25, -0.2) is 0 Å². The number of aliphatic carboxylic acids is 1. The zero-order valence-corrected chi connectivity index (χ0v) is 10.3. The van der Waals surface area contributed by atoms with Crippen LogP contribution in [0.1, 0.15) is 53.4 Å². The summed E-state index contributed by atoms with van der Waals surface area (Å²) < 4.78 is 0. The molecule has 0 saturated heterocycles. The van der Waals surface area contributed by atoms with E-state index in [9.17, 15) is 9.90 Å². The summed E-state index contributed by atoms with van der Waals surface area (Å²) in [4.78, 5) is 11.4. The molecule has 1 aliphatic carbocycles. The Kier molecular flexibility index (Phi) is 3.44. The van der Waals surface area contributed by atoms with Crippen molar-refractivity contribution < 1.29 is 9.90 Å². The third-order valence-corrected chi connectivity index (χ3v) is 3.55. The van der Waals surface area contributed by atoms with Gasteiger partial charge in [0.1, 0.15) is 5.54 Å². The quantitative estimate of drug-likeness (QED) is 0.754. The second-order valence-electron chi connectivity index (χ2n) is 5.68. The highest BCUT2D eigenvalue weighted by atomic mass is 16.4. The van der Waals surface area contributed by atoms with E-state index in [1.807, 2.05) is 0 Å². The first-order valence-electron chi connectivity index (χ1n) is 5.82. The van der Waals surface area contributed by atoms with Crippen molar-refractivity contribution in [1.82, 2.24) is 5.32 Å². The molecule has 0 aliphatic heterocycles. The van der Waals surface area contributed by atoms with Crippen LogP contribution in [0.25, 0.3) is 0 Å². The molecule has 1 saturated carbocycles. The molecule has 3 heteroatoms. The minimum Gasteiger partial charge on any atom is -0.480 e. The molecule has 1 fully saturated rings. The average Bonchev–Trinajstić information content (AvgIpc) is 2.43. The highest BCUT2D eigenvalue weighted by Crippen LogP contribution is 2.44. The molecule has 1 rings (SSSR count). The molecule has 2 unspecified atom stereocenters. The maximum absolute atomic E-state index is 11.4. The summed E-state index contributed by atoms with van der Waals surface area (Å²) in [6.07, 6.45) is 3.44. The molecule has 0 spiro atoms. The van der Waals surface area contributed by atoms with Crippen molar-refractivity contribution in [1.29, 1.82) is 0 Å². The molecular formula is C12H23NO2. The molecule has 0 aromatic carbocycles. The van der Waals surface area contributed by atoms with E-state index < -0.39 is 11.5 Å². The van der Waals surface area contributed by atoms with Crippen molar-refractivity contribution in [3.63, 3.8) is 0 Å². The molecular weight excluding hydrogens is 190 g/mol. The summed E-state index contributed by atoms with van der Waals surface area (Å²) in [5, 5.41) is 12.7. The smallest absolute Gasteiger partial charge is 0.323 e. The minimum atomic E-state index is -0.687. The van der Waals surface area contributed by atoms with Crippen LogP contribution in [-0.4, -0.2) is 22.7 Å². The van der Waals surface area contributed by atoms with E-state index >= 15 is 0 Å². The molecule has 2 atom stereocenters. The van der Waals surface area contributed by atoms with Crippen LogP contribution in [0.3, 0.4) is 0 Å². The van der Waals surface area contributed by atoms with Gasteiger partial charge >= 0.3 is 5.97 Å². The lowest BCUT2D eigenvalue weighted by Gasteiger charge is -2.30. The standard InChI is InChI=1S/C12H23NO2/c1-5-9(2)13-12(10(14)15)7-6-11(3,4)8-12/h9,13H,5-8H2,1-4H3,(H,14,15). The molecule has 88 valence electrons. The number of carbonyl (C=O) groups is 1. The average molecular weight is 213 g/mol. The highest BCUT2D eigenvalue weighted by Gasteiger charge is 2.48. The van der Waals surface area contributed by atoms with E-state index in [1.165, 1.54) is 0 Å². The van der Waals surface area contributed by atoms with Gasteiger partial charge in [-0.1, -0.05) is 20.8 Å². The van der Waals surface area contributed by atoms with Gasteiger partial charge in [0.05, 0.1) is 0 Å². The van der Waals surface area contributed by atoms with Crippen LogP contribution in [0.5, 0.6) is 0 Å². The molecule has 0 bridgehead atoms. The summed E-state index contributed by atoms with van der Waals surface area (Å²) in [5.74, 6) is -0.687. The van der Waals surface area contributed by atoms with Gasteiger partial charge in [0, 0.05) is 6.04 Å². The number of rotatable bonds is 4. The van der Waals surface area contributed by atoms with Gasteiger partial charge in [0.25, 0.3) is 0 Å². The predicted molar refractivity (Wildman–Crippen MR) is 60.9 cm³/mol. The van der Waals surface area contributed by atoms with Gasteiger partial charge in [0.15, 0.2) is 0 Å². The first-order chi connectivity index (χ1) is 6.81. The molecule has 3 nitrogen and oxygen atoms in total. The summed E-state index contributed by atoms with van der Waals surface area (Å²) in [5.41, 5.74) is -0.530. The van der Waals surface area contributed by atoms with E-state index in [0.717, 1.165) is 25.7 Å². The Morgan fingerprint density at radius 3 is 2.40 bits per heavy atom. The van der Waals surface area contributed by atoms with Crippen molar-refractivity contribution >= 4 is 5.97 Å². The molecule has 0 aromatic heterocycles. The van der Waals surface area contributed by atoms with E-state index in [2.05, 4.69) is 33.0 Å². The van der Waals surface area contributed by atoms with Crippen molar-refractivity contribution in [2.24, 2.45) is 5.41 Å². The number of hydrogen-bond acceptors (Lipinski definition) is 2. The van der Waals surface area contributed by atoms with Gasteiger partial charge in [-0.2, -0.15) is 0 Å². The maximum atomic E-state index is 11.4. The Labute approximate surface area is 92.3 Å². The number of carboxylic acids is 1. The van der Waals surface area contributed by atoms with E-state index in [0.29, 0.717) is 0 Å². The summed E-state index contributed by atoms with van der Waals surface area (Å²) in [7, 11) is 0. The summed E-state index contributed by atoms with van der Waals surface area (Å²) >= 11 is 0.